The zero-order chi connectivity index (χ0) is 11.0. The number of nitrogens with one attached hydrogen (secondary N) is 1. The van der Waals surface area contributed by atoms with Crippen LogP contribution in [0.2, 0.25) is 0 Å². The summed E-state index contributed by atoms with van der Waals surface area (Å²) in [6.07, 6.45) is 0. The molecule has 0 aliphatic heterocycles. The second kappa shape index (κ2) is 3.72. The normalized spacial score (nSPS) is 10.8. The molecule has 78 valence electrons. The van der Waals surface area contributed by atoms with Crippen LogP contribution in [0.5, 0.6) is 0 Å². The fourth-order valence-corrected chi connectivity index (χ4v) is 2.18. The molecule has 0 saturated heterocycles. The second-order valence-corrected chi connectivity index (χ2v) is 4.27. The number of aromatic amines is 1. The fraction of sp³-hybridized carbons (Fsp3) is 0. The number of hydrogen-bond acceptors (Lipinski definition) is 1. The molecular formula is C14H11NS. The summed E-state index contributed by atoms with van der Waals surface area (Å²) in [4.78, 5) is 4.41. The van der Waals surface area contributed by atoms with Gasteiger partial charge in [0.2, 0.25) is 0 Å². The van der Waals surface area contributed by atoms with Crippen molar-refractivity contribution in [1.82, 2.24) is 4.98 Å². The van der Waals surface area contributed by atoms with Crippen LogP contribution in [0.25, 0.3) is 22.2 Å². The molecule has 0 fully saturated rings. The zero-order valence-corrected chi connectivity index (χ0v) is 9.54. The Hall–Kier alpha value is -1.67. The van der Waals surface area contributed by atoms with E-state index in [1.54, 1.807) is 0 Å². The van der Waals surface area contributed by atoms with Crippen LogP contribution >= 0.6 is 12.6 Å². The smallest absolute Gasteiger partial charge is 0.0470 e. The molecule has 0 bridgehead atoms. The van der Waals surface area contributed by atoms with Gasteiger partial charge < -0.3 is 4.98 Å². The molecule has 2 heteroatoms. The standard InChI is InChI=1S/C14H11NS/c16-14-8-4-7-12-11(14)9-13(15-12)10-5-2-1-3-6-10/h1-9,15-16H. The molecule has 1 heterocycles. The molecule has 16 heavy (non-hydrogen) atoms. The second-order valence-electron chi connectivity index (χ2n) is 3.79. The van der Waals surface area contributed by atoms with Crippen molar-refractivity contribution < 1.29 is 0 Å². The average Bonchev–Trinajstić information content (AvgIpc) is 2.76. The molecule has 0 aliphatic rings. The van der Waals surface area contributed by atoms with Crippen LogP contribution in [0.1, 0.15) is 0 Å². The Kier molecular flexibility index (Phi) is 2.22. The topological polar surface area (TPSA) is 15.8 Å². The van der Waals surface area contributed by atoms with Crippen molar-refractivity contribution >= 4 is 23.5 Å². The highest BCUT2D eigenvalue weighted by Crippen LogP contribution is 2.27. The molecule has 0 atom stereocenters. The first kappa shape index (κ1) is 9.55. The van der Waals surface area contributed by atoms with Gasteiger partial charge in [0.25, 0.3) is 0 Å². The van der Waals surface area contributed by atoms with Crippen LogP contribution < -0.4 is 0 Å². The summed E-state index contributed by atoms with van der Waals surface area (Å²) in [6.45, 7) is 0. The largest absolute Gasteiger partial charge is 0.354 e. The first-order valence-electron chi connectivity index (χ1n) is 5.21. The summed E-state index contributed by atoms with van der Waals surface area (Å²) in [5, 5.41) is 1.17. The molecule has 2 aromatic carbocycles. The quantitative estimate of drug-likeness (QED) is 0.579. The zero-order valence-electron chi connectivity index (χ0n) is 8.64. The Morgan fingerprint density at radius 3 is 2.44 bits per heavy atom. The lowest BCUT2D eigenvalue weighted by Crippen LogP contribution is -1.74. The first-order chi connectivity index (χ1) is 7.84. The van der Waals surface area contributed by atoms with Crippen LogP contribution in [0.3, 0.4) is 0 Å². The number of hydrogen-bond donors (Lipinski definition) is 2. The van der Waals surface area contributed by atoms with Crippen molar-refractivity contribution in [3.05, 3.63) is 54.6 Å². The highest BCUT2D eigenvalue weighted by Gasteiger charge is 2.04. The van der Waals surface area contributed by atoms with Crippen molar-refractivity contribution in [2.45, 2.75) is 4.90 Å². The van der Waals surface area contributed by atoms with Gasteiger partial charge in [0, 0.05) is 21.5 Å². The Morgan fingerprint density at radius 1 is 0.875 bits per heavy atom. The monoisotopic (exact) mass is 225 g/mol. The van der Waals surface area contributed by atoms with Crippen molar-refractivity contribution in [3.63, 3.8) is 0 Å². The lowest BCUT2D eigenvalue weighted by molar-refractivity contribution is 1.45. The van der Waals surface area contributed by atoms with Gasteiger partial charge in [-0.15, -0.1) is 12.6 Å². The number of benzene rings is 2. The molecule has 0 unspecified atom stereocenters. The van der Waals surface area contributed by atoms with Crippen LogP contribution in [0, 0.1) is 0 Å². The number of rotatable bonds is 1. The van der Waals surface area contributed by atoms with Crippen LogP contribution in [-0.4, -0.2) is 4.98 Å². The Balaban J connectivity index is 2.23. The van der Waals surface area contributed by atoms with Crippen molar-refractivity contribution in [1.29, 1.82) is 0 Å². The molecule has 3 aromatic rings. The number of aromatic nitrogens is 1. The summed E-state index contributed by atoms with van der Waals surface area (Å²) < 4.78 is 0. The van der Waals surface area contributed by atoms with Gasteiger partial charge in [-0.3, -0.25) is 0 Å². The van der Waals surface area contributed by atoms with Gasteiger partial charge in [0.15, 0.2) is 0 Å². The molecule has 0 saturated carbocycles. The molecule has 0 aliphatic carbocycles. The van der Waals surface area contributed by atoms with Gasteiger partial charge in [0.05, 0.1) is 0 Å². The predicted molar refractivity (Wildman–Crippen MR) is 71.0 cm³/mol. The highest BCUT2D eigenvalue weighted by molar-refractivity contribution is 7.80. The molecule has 1 N–H and O–H groups in total. The molecule has 0 amide bonds. The molecule has 1 aromatic heterocycles. The molecule has 1 nitrogen and oxygen atoms in total. The number of fused-ring (bicyclic) bond motifs is 1. The first-order valence-corrected chi connectivity index (χ1v) is 5.65. The summed E-state index contributed by atoms with van der Waals surface area (Å²) in [7, 11) is 0. The number of H-pyrrole nitrogens is 1. The lowest BCUT2D eigenvalue weighted by Gasteiger charge is -1.94. The molecule has 0 radical (unpaired) electrons. The Labute approximate surface area is 99.5 Å². The SMILES string of the molecule is Sc1cccc2[nH]c(-c3ccccc3)cc12. The summed E-state index contributed by atoms with van der Waals surface area (Å²) in [5.74, 6) is 0. The highest BCUT2D eigenvalue weighted by atomic mass is 32.1. The minimum atomic E-state index is 1.01. The van der Waals surface area contributed by atoms with E-state index < -0.39 is 0 Å². The van der Waals surface area contributed by atoms with Crippen molar-refractivity contribution in [2.24, 2.45) is 0 Å². The molecule has 3 rings (SSSR count). The van der Waals surface area contributed by atoms with E-state index in [9.17, 15) is 0 Å². The third kappa shape index (κ3) is 1.51. The van der Waals surface area contributed by atoms with Gasteiger partial charge in [-0.2, -0.15) is 0 Å². The maximum atomic E-state index is 4.46. The van der Waals surface area contributed by atoms with Crippen molar-refractivity contribution in [2.75, 3.05) is 0 Å². The summed E-state index contributed by atoms with van der Waals surface area (Å²) in [5.41, 5.74) is 3.47. The van der Waals surface area contributed by atoms with E-state index in [0.717, 1.165) is 16.1 Å². The van der Waals surface area contributed by atoms with Crippen LogP contribution in [0.4, 0.5) is 0 Å². The van der Waals surface area contributed by atoms with E-state index in [4.69, 9.17) is 0 Å². The fourth-order valence-electron chi connectivity index (χ4n) is 1.91. The predicted octanol–water partition coefficient (Wildman–Crippen LogP) is 4.12. The maximum absolute atomic E-state index is 4.46. The summed E-state index contributed by atoms with van der Waals surface area (Å²) in [6, 6.07) is 18.5. The number of thiol groups is 1. The Morgan fingerprint density at radius 2 is 1.69 bits per heavy atom. The van der Waals surface area contributed by atoms with Gasteiger partial charge in [-0.25, -0.2) is 0 Å². The van der Waals surface area contributed by atoms with Gasteiger partial charge >= 0.3 is 0 Å². The van der Waals surface area contributed by atoms with E-state index >= 15 is 0 Å². The van der Waals surface area contributed by atoms with E-state index in [2.05, 4.69) is 41.9 Å². The minimum Gasteiger partial charge on any atom is -0.354 e. The van der Waals surface area contributed by atoms with E-state index in [-0.39, 0.29) is 0 Å². The summed E-state index contributed by atoms with van der Waals surface area (Å²) >= 11 is 4.46. The molecular weight excluding hydrogens is 214 g/mol. The third-order valence-corrected chi connectivity index (χ3v) is 3.12. The Bertz CT molecular complexity index is 626. The lowest BCUT2D eigenvalue weighted by atomic mass is 10.1. The van der Waals surface area contributed by atoms with E-state index in [0.29, 0.717) is 0 Å². The van der Waals surface area contributed by atoms with E-state index in [1.807, 2.05) is 30.3 Å². The van der Waals surface area contributed by atoms with Gasteiger partial charge in [-0.1, -0.05) is 36.4 Å². The minimum absolute atomic E-state index is 1.01. The average molecular weight is 225 g/mol. The van der Waals surface area contributed by atoms with Gasteiger partial charge in [0.1, 0.15) is 0 Å². The maximum Gasteiger partial charge on any atom is 0.0470 e. The third-order valence-electron chi connectivity index (χ3n) is 2.73. The molecule has 0 spiro atoms. The van der Waals surface area contributed by atoms with Crippen molar-refractivity contribution in [3.8, 4) is 11.3 Å². The van der Waals surface area contributed by atoms with Crippen LogP contribution in [0.15, 0.2) is 59.5 Å². The van der Waals surface area contributed by atoms with Crippen LogP contribution in [-0.2, 0) is 0 Å². The van der Waals surface area contributed by atoms with Gasteiger partial charge in [-0.05, 0) is 23.8 Å². The van der Waals surface area contributed by atoms with E-state index in [1.165, 1.54) is 10.9 Å².